The molecule has 0 unspecified atom stereocenters. The second kappa shape index (κ2) is 9.81. The molecule has 0 aromatic heterocycles. The van der Waals surface area contributed by atoms with Crippen molar-refractivity contribution >= 4 is 23.2 Å². The van der Waals surface area contributed by atoms with Crippen molar-refractivity contribution in [3.63, 3.8) is 0 Å². The fraction of sp³-hybridized carbons (Fsp3) is 0.552. The molecule has 0 radical (unpaired) electrons. The van der Waals surface area contributed by atoms with Crippen molar-refractivity contribution in [2.75, 3.05) is 33.0 Å². The molecular formula is C29H37FN4O7. The predicted octanol–water partition coefficient (Wildman–Crippen LogP) is 1.53. The zero-order chi connectivity index (χ0) is 30.3. The largest absolute Gasteiger partial charge is 0.510 e. The summed E-state index contributed by atoms with van der Waals surface area (Å²) in [7, 11) is 4.99. The number of phenolic OH excluding ortho intramolecular Hbond substituents is 1. The lowest BCUT2D eigenvalue weighted by atomic mass is 9.58. The number of rotatable bonds is 4. The maximum absolute atomic E-state index is 16.2. The van der Waals surface area contributed by atoms with E-state index in [1.165, 1.54) is 4.90 Å². The lowest BCUT2D eigenvalue weighted by molar-refractivity contribution is -0.148. The molecule has 0 spiro atoms. The molecule has 1 aromatic carbocycles. The Morgan fingerprint density at radius 3 is 2.46 bits per heavy atom. The van der Waals surface area contributed by atoms with Crippen molar-refractivity contribution in [2.24, 2.45) is 23.5 Å². The minimum Gasteiger partial charge on any atom is -0.510 e. The minimum atomic E-state index is -2.74. The molecule has 222 valence electrons. The number of nitrogens with two attached hydrogens (primary N) is 1. The van der Waals surface area contributed by atoms with E-state index in [1.807, 2.05) is 11.9 Å². The van der Waals surface area contributed by atoms with E-state index in [4.69, 9.17) is 5.73 Å². The highest BCUT2D eigenvalue weighted by Gasteiger charge is 2.63. The first kappa shape index (κ1) is 29.0. The number of carbonyl (C=O) groups excluding carboxylic acids is 3. The zero-order valence-corrected chi connectivity index (χ0v) is 23.8. The number of amides is 1. The molecule has 7 N–H and O–H groups in total. The molecule has 11 nitrogen and oxygen atoms in total. The first-order valence-electron chi connectivity index (χ1n) is 13.8. The van der Waals surface area contributed by atoms with Crippen LogP contribution in [0, 0.1) is 23.6 Å². The lowest BCUT2D eigenvalue weighted by Gasteiger charge is -2.50. The van der Waals surface area contributed by atoms with Gasteiger partial charge in [0.1, 0.15) is 22.9 Å². The molecule has 3 aliphatic carbocycles. The number of Topliss-reactive ketones (excluding diaryl/α,β-unsaturated/α-hetero) is 2. The molecule has 1 aliphatic heterocycles. The number of carbonyl (C=O) groups is 3. The van der Waals surface area contributed by atoms with Gasteiger partial charge in [0, 0.05) is 41.7 Å². The van der Waals surface area contributed by atoms with Crippen LogP contribution in [0.25, 0.3) is 0 Å². The number of nitrogens with one attached hydrogen (secondary N) is 1. The van der Waals surface area contributed by atoms with E-state index in [1.54, 1.807) is 14.1 Å². The van der Waals surface area contributed by atoms with Gasteiger partial charge in [0.15, 0.2) is 17.1 Å². The lowest BCUT2D eigenvalue weighted by Crippen LogP contribution is -2.63. The number of benzene rings is 1. The quantitative estimate of drug-likeness (QED) is 0.229. The van der Waals surface area contributed by atoms with Crippen molar-refractivity contribution in [3.8, 4) is 5.75 Å². The van der Waals surface area contributed by atoms with Gasteiger partial charge in [0.05, 0.1) is 17.3 Å². The normalized spacial score (nSPS) is 30.1. The highest BCUT2D eigenvalue weighted by Crippen LogP contribution is 2.53. The van der Waals surface area contributed by atoms with Crippen molar-refractivity contribution < 1.29 is 39.2 Å². The van der Waals surface area contributed by atoms with Crippen molar-refractivity contribution in [1.82, 2.24) is 9.80 Å². The number of aliphatic hydroxyl groups is 3. The molecule has 1 heterocycles. The van der Waals surface area contributed by atoms with Gasteiger partial charge in [-0.05, 0) is 52.2 Å². The van der Waals surface area contributed by atoms with Gasteiger partial charge in [-0.1, -0.05) is 13.8 Å². The van der Waals surface area contributed by atoms with Crippen LogP contribution in [0.1, 0.15) is 48.2 Å². The third kappa shape index (κ3) is 4.06. The fourth-order valence-corrected chi connectivity index (χ4v) is 7.30. The van der Waals surface area contributed by atoms with Gasteiger partial charge < -0.3 is 31.5 Å². The van der Waals surface area contributed by atoms with E-state index in [0.717, 1.165) is 6.42 Å². The Morgan fingerprint density at radius 2 is 1.88 bits per heavy atom. The molecule has 1 amide bonds. The Labute approximate surface area is 237 Å². The van der Waals surface area contributed by atoms with Crippen LogP contribution < -0.4 is 11.1 Å². The van der Waals surface area contributed by atoms with Crippen molar-refractivity contribution in [1.29, 1.82) is 0 Å². The number of aromatic hydroxyl groups is 1. The summed E-state index contributed by atoms with van der Waals surface area (Å²) in [6.07, 6.45) is 0.634. The zero-order valence-electron chi connectivity index (χ0n) is 23.8. The molecule has 5 atom stereocenters. The molecule has 1 aromatic rings. The Morgan fingerprint density at radius 1 is 1.22 bits per heavy atom. The maximum Gasteiger partial charge on any atom is 0.255 e. The number of primary amides is 1. The van der Waals surface area contributed by atoms with Crippen LogP contribution in [0.4, 0.5) is 10.1 Å². The van der Waals surface area contributed by atoms with Gasteiger partial charge in [-0.25, -0.2) is 4.39 Å². The topological polar surface area (TPSA) is 177 Å². The van der Waals surface area contributed by atoms with E-state index in [2.05, 4.69) is 19.2 Å². The third-order valence-corrected chi connectivity index (χ3v) is 9.21. The van der Waals surface area contributed by atoms with E-state index < -0.39 is 69.6 Å². The van der Waals surface area contributed by atoms with Gasteiger partial charge in [-0.2, -0.15) is 0 Å². The molecule has 0 saturated heterocycles. The van der Waals surface area contributed by atoms with E-state index >= 15 is 4.39 Å². The molecule has 5 rings (SSSR count). The fourth-order valence-electron chi connectivity index (χ4n) is 7.30. The number of aliphatic hydroxyl groups excluding tert-OH is 2. The SMILES string of the molecule is CC(C)C[C@@H]1CNc2c(O)c3c(c(F)c2CN1C)C[C@H]1C[C@H]2[C@H](N(C)C)C(O)=C(C(N)=O)C(=O)[C@@]2(O)C(O)=C1C3=O. The summed E-state index contributed by atoms with van der Waals surface area (Å²) in [5.74, 6) is -7.86. The second-order valence-electron chi connectivity index (χ2n) is 12.4. The van der Waals surface area contributed by atoms with Crippen LogP contribution in [0.15, 0.2) is 22.7 Å². The average Bonchev–Trinajstić information content (AvgIpc) is 3.03. The molecule has 0 fully saturated rings. The van der Waals surface area contributed by atoms with E-state index in [-0.39, 0.29) is 53.4 Å². The Hall–Kier alpha value is -3.48. The van der Waals surface area contributed by atoms with Crippen LogP contribution in [0.3, 0.4) is 0 Å². The summed E-state index contributed by atoms with van der Waals surface area (Å²) in [5.41, 5.74) is 1.43. The van der Waals surface area contributed by atoms with Gasteiger partial charge in [-0.3, -0.25) is 24.2 Å². The van der Waals surface area contributed by atoms with Gasteiger partial charge in [-0.15, -0.1) is 0 Å². The Balaban J connectivity index is 1.66. The number of halogens is 1. The van der Waals surface area contributed by atoms with Crippen molar-refractivity contribution in [3.05, 3.63) is 45.2 Å². The summed E-state index contributed by atoms with van der Waals surface area (Å²) in [4.78, 5) is 43.0. The van der Waals surface area contributed by atoms with Gasteiger partial charge in [0.25, 0.3) is 5.91 Å². The first-order chi connectivity index (χ1) is 19.1. The maximum atomic E-state index is 16.2. The number of phenols is 1. The molecule has 0 bridgehead atoms. The predicted molar refractivity (Wildman–Crippen MR) is 147 cm³/mol. The Kier molecular flexibility index (Phi) is 6.95. The van der Waals surface area contributed by atoms with Crippen LogP contribution in [-0.2, 0) is 22.6 Å². The number of hydrogen-bond acceptors (Lipinski definition) is 10. The number of anilines is 1. The van der Waals surface area contributed by atoms with Crippen LogP contribution in [-0.4, -0.2) is 93.1 Å². The summed E-state index contributed by atoms with van der Waals surface area (Å²) >= 11 is 0. The molecular weight excluding hydrogens is 535 g/mol. The molecule has 12 heteroatoms. The first-order valence-corrected chi connectivity index (χ1v) is 13.8. The summed E-state index contributed by atoms with van der Waals surface area (Å²) in [6, 6.07) is -1.06. The molecule has 0 saturated carbocycles. The standard InChI is InChI=1S/C29H37FN4O7/c1-11(2)6-13-9-32-21-15(10-34(13)5)20(30)14-7-12-8-16-22(33(3)4)25(37)19(28(31)40)27(39)29(16,41)26(38)17(12)23(35)18(14)24(21)36/h11-13,16,22,32,36-38,41H,6-10H2,1-5H3,(H2,31,40)/t12-,13+,16-,22-,29-/m0/s1. The number of fused-ring (bicyclic) bond motifs is 4. The summed E-state index contributed by atoms with van der Waals surface area (Å²) < 4.78 is 16.2. The highest BCUT2D eigenvalue weighted by atomic mass is 19.1. The number of nitrogens with zero attached hydrogens (tertiary/aromatic N) is 2. The van der Waals surface area contributed by atoms with Crippen molar-refractivity contribution in [2.45, 2.75) is 57.3 Å². The monoisotopic (exact) mass is 572 g/mol. The highest BCUT2D eigenvalue weighted by molar-refractivity contribution is 6.24. The molecule has 4 aliphatic rings. The average molecular weight is 573 g/mol. The van der Waals surface area contributed by atoms with E-state index in [9.17, 15) is 34.8 Å². The van der Waals surface area contributed by atoms with Gasteiger partial charge in [0.2, 0.25) is 5.78 Å². The third-order valence-electron chi connectivity index (χ3n) is 9.21. The Bertz CT molecular complexity index is 1430. The van der Waals surface area contributed by atoms with Crippen LogP contribution in [0.5, 0.6) is 5.75 Å². The number of allylic oxidation sites excluding steroid dienone is 1. The second-order valence-corrected chi connectivity index (χ2v) is 12.4. The van der Waals surface area contributed by atoms with Crippen LogP contribution >= 0.6 is 0 Å². The summed E-state index contributed by atoms with van der Waals surface area (Å²) in [6.45, 7) is 4.78. The van der Waals surface area contributed by atoms with E-state index in [0.29, 0.717) is 12.5 Å². The summed E-state index contributed by atoms with van der Waals surface area (Å²) in [5, 5.41) is 48.5. The molecule has 41 heavy (non-hydrogen) atoms. The minimum absolute atomic E-state index is 0.00289. The van der Waals surface area contributed by atoms with Crippen LogP contribution in [0.2, 0.25) is 0 Å². The number of hydrogen-bond donors (Lipinski definition) is 6. The number of likely N-dealkylation sites (N-methyl/N-ethyl adjacent to an activating group) is 2. The number of ketones is 2. The smallest absolute Gasteiger partial charge is 0.255 e. The van der Waals surface area contributed by atoms with Gasteiger partial charge >= 0.3 is 0 Å².